The zero-order chi connectivity index (χ0) is 9.19. The molecule has 4 heteroatoms. The average molecular weight is 168 g/mol. The van der Waals surface area contributed by atoms with Crippen LogP contribution in [0.2, 0.25) is 0 Å². The molecule has 0 aliphatic heterocycles. The third-order valence-corrected chi connectivity index (χ3v) is 1.61. The molecule has 0 fully saturated rings. The Morgan fingerprint density at radius 3 is 2.75 bits per heavy atom. The fourth-order valence-electron chi connectivity index (χ4n) is 0.767. The molecule has 0 unspecified atom stereocenters. The number of amides is 1. The Bertz CT molecular complexity index is 284. The SMILES string of the molecule is C[C@](F)(C(N)=O)c1ccccn1. The first-order valence-electron chi connectivity index (χ1n) is 3.45. The second-order valence-electron chi connectivity index (χ2n) is 2.58. The van der Waals surface area contributed by atoms with Gasteiger partial charge in [-0.1, -0.05) is 6.07 Å². The monoisotopic (exact) mass is 168 g/mol. The number of hydrogen-bond donors (Lipinski definition) is 1. The first-order valence-corrected chi connectivity index (χ1v) is 3.45. The molecule has 1 heterocycles. The topological polar surface area (TPSA) is 56.0 Å². The summed E-state index contributed by atoms with van der Waals surface area (Å²) in [4.78, 5) is 14.3. The summed E-state index contributed by atoms with van der Waals surface area (Å²) in [5, 5.41) is 0. The van der Waals surface area contributed by atoms with Crippen LogP contribution in [0.3, 0.4) is 0 Å². The summed E-state index contributed by atoms with van der Waals surface area (Å²) in [5.74, 6) is -1.03. The number of nitrogens with zero attached hydrogens (tertiary/aromatic N) is 1. The van der Waals surface area contributed by atoms with Gasteiger partial charge in [-0.3, -0.25) is 9.78 Å². The summed E-state index contributed by atoms with van der Waals surface area (Å²) >= 11 is 0. The van der Waals surface area contributed by atoms with Crippen molar-refractivity contribution in [3.63, 3.8) is 0 Å². The molecule has 1 rings (SSSR count). The molecule has 0 bridgehead atoms. The van der Waals surface area contributed by atoms with Crippen molar-refractivity contribution in [2.75, 3.05) is 0 Å². The van der Waals surface area contributed by atoms with Gasteiger partial charge in [0, 0.05) is 6.20 Å². The van der Waals surface area contributed by atoms with E-state index in [2.05, 4.69) is 4.98 Å². The number of primary amides is 1. The van der Waals surface area contributed by atoms with Crippen molar-refractivity contribution < 1.29 is 9.18 Å². The van der Waals surface area contributed by atoms with Crippen LogP contribution in [-0.2, 0) is 10.5 Å². The molecule has 64 valence electrons. The molecular weight excluding hydrogens is 159 g/mol. The number of halogens is 1. The van der Waals surface area contributed by atoms with Crippen molar-refractivity contribution in [3.8, 4) is 0 Å². The smallest absolute Gasteiger partial charge is 0.261 e. The van der Waals surface area contributed by atoms with Crippen molar-refractivity contribution in [2.45, 2.75) is 12.6 Å². The Balaban J connectivity index is 3.06. The van der Waals surface area contributed by atoms with Crippen LogP contribution in [0.1, 0.15) is 12.6 Å². The summed E-state index contributed by atoms with van der Waals surface area (Å²) in [6, 6.07) is 4.66. The van der Waals surface area contributed by atoms with Crippen LogP contribution in [0.25, 0.3) is 0 Å². The van der Waals surface area contributed by atoms with Gasteiger partial charge in [0.25, 0.3) is 5.91 Å². The first kappa shape index (κ1) is 8.64. The van der Waals surface area contributed by atoms with Gasteiger partial charge in [-0.05, 0) is 19.1 Å². The van der Waals surface area contributed by atoms with Crippen molar-refractivity contribution >= 4 is 5.91 Å². The summed E-state index contributed by atoms with van der Waals surface area (Å²) in [5.41, 5.74) is 2.71. The molecule has 0 aliphatic carbocycles. The molecule has 1 atom stereocenters. The van der Waals surface area contributed by atoms with Gasteiger partial charge in [0.2, 0.25) is 5.67 Å². The van der Waals surface area contributed by atoms with Gasteiger partial charge >= 0.3 is 0 Å². The molecule has 0 aliphatic rings. The number of pyridine rings is 1. The number of aromatic nitrogens is 1. The molecule has 1 aromatic rings. The Labute approximate surface area is 69.4 Å². The van der Waals surface area contributed by atoms with Gasteiger partial charge < -0.3 is 5.73 Å². The van der Waals surface area contributed by atoms with Crippen LogP contribution in [-0.4, -0.2) is 10.9 Å². The van der Waals surface area contributed by atoms with E-state index in [1.54, 1.807) is 12.1 Å². The van der Waals surface area contributed by atoms with E-state index in [0.717, 1.165) is 6.92 Å². The summed E-state index contributed by atoms with van der Waals surface area (Å²) in [6.45, 7) is 1.09. The molecule has 1 amide bonds. The molecule has 12 heavy (non-hydrogen) atoms. The third-order valence-electron chi connectivity index (χ3n) is 1.61. The minimum Gasteiger partial charge on any atom is -0.367 e. The Morgan fingerprint density at radius 1 is 1.67 bits per heavy atom. The van der Waals surface area contributed by atoms with Crippen LogP contribution in [0.5, 0.6) is 0 Å². The maximum atomic E-state index is 13.4. The van der Waals surface area contributed by atoms with E-state index in [4.69, 9.17) is 5.73 Å². The zero-order valence-corrected chi connectivity index (χ0v) is 6.62. The van der Waals surface area contributed by atoms with Crippen LogP contribution < -0.4 is 5.73 Å². The Morgan fingerprint density at radius 2 is 2.33 bits per heavy atom. The van der Waals surface area contributed by atoms with Crippen LogP contribution in [0, 0.1) is 0 Å². The molecule has 0 saturated carbocycles. The lowest BCUT2D eigenvalue weighted by Crippen LogP contribution is -2.34. The second-order valence-corrected chi connectivity index (χ2v) is 2.58. The normalized spacial score (nSPS) is 15.2. The molecule has 1 aromatic heterocycles. The maximum Gasteiger partial charge on any atom is 0.261 e. The number of carbonyl (C=O) groups is 1. The fraction of sp³-hybridized carbons (Fsp3) is 0.250. The number of nitrogens with two attached hydrogens (primary N) is 1. The van der Waals surface area contributed by atoms with Gasteiger partial charge in [-0.25, -0.2) is 4.39 Å². The van der Waals surface area contributed by atoms with Gasteiger partial charge in [0.1, 0.15) is 0 Å². The first-order chi connectivity index (χ1) is 5.55. The van der Waals surface area contributed by atoms with E-state index >= 15 is 0 Å². The molecule has 0 radical (unpaired) electrons. The summed E-state index contributed by atoms with van der Waals surface area (Å²) in [7, 11) is 0. The van der Waals surface area contributed by atoms with Crippen LogP contribution in [0.4, 0.5) is 4.39 Å². The molecule has 0 spiro atoms. The molecular formula is C8H9FN2O. The van der Waals surface area contributed by atoms with Gasteiger partial charge in [0.15, 0.2) is 0 Å². The van der Waals surface area contributed by atoms with E-state index in [0.29, 0.717) is 0 Å². The van der Waals surface area contributed by atoms with E-state index in [9.17, 15) is 9.18 Å². The number of alkyl halides is 1. The lowest BCUT2D eigenvalue weighted by molar-refractivity contribution is -0.129. The minimum atomic E-state index is -2.18. The van der Waals surface area contributed by atoms with E-state index in [1.165, 1.54) is 12.3 Å². The van der Waals surface area contributed by atoms with E-state index in [-0.39, 0.29) is 5.69 Å². The van der Waals surface area contributed by atoms with E-state index in [1.807, 2.05) is 0 Å². The lowest BCUT2D eigenvalue weighted by atomic mass is 10.0. The lowest BCUT2D eigenvalue weighted by Gasteiger charge is -2.14. The predicted molar refractivity (Wildman–Crippen MR) is 41.9 cm³/mol. The van der Waals surface area contributed by atoms with Gasteiger partial charge in [-0.15, -0.1) is 0 Å². The molecule has 0 aromatic carbocycles. The Kier molecular flexibility index (Phi) is 2.08. The Hall–Kier alpha value is -1.45. The highest BCUT2D eigenvalue weighted by Gasteiger charge is 2.33. The van der Waals surface area contributed by atoms with Crippen LogP contribution >= 0.6 is 0 Å². The highest BCUT2D eigenvalue weighted by atomic mass is 19.1. The van der Waals surface area contributed by atoms with E-state index < -0.39 is 11.6 Å². The van der Waals surface area contributed by atoms with Crippen molar-refractivity contribution in [1.29, 1.82) is 0 Å². The standard InChI is InChI=1S/C8H9FN2O/c1-8(9,7(10)12)6-4-2-3-5-11-6/h2-5H,1H3,(H2,10,12)/t8-/m1/s1. The average Bonchev–Trinajstić information content (AvgIpc) is 2.06. The van der Waals surface area contributed by atoms with Gasteiger partial charge in [-0.2, -0.15) is 0 Å². The van der Waals surface area contributed by atoms with Crippen molar-refractivity contribution in [3.05, 3.63) is 30.1 Å². The number of rotatable bonds is 2. The minimum absolute atomic E-state index is 0.0394. The highest BCUT2D eigenvalue weighted by molar-refractivity contribution is 5.83. The maximum absolute atomic E-state index is 13.4. The number of hydrogen-bond acceptors (Lipinski definition) is 2. The largest absolute Gasteiger partial charge is 0.367 e. The third kappa shape index (κ3) is 1.42. The molecule has 3 nitrogen and oxygen atoms in total. The van der Waals surface area contributed by atoms with Gasteiger partial charge in [0.05, 0.1) is 5.69 Å². The van der Waals surface area contributed by atoms with Crippen molar-refractivity contribution in [1.82, 2.24) is 4.98 Å². The highest BCUT2D eigenvalue weighted by Crippen LogP contribution is 2.21. The number of carbonyl (C=O) groups excluding carboxylic acids is 1. The van der Waals surface area contributed by atoms with Crippen molar-refractivity contribution in [2.24, 2.45) is 5.73 Å². The fourth-order valence-corrected chi connectivity index (χ4v) is 0.767. The second kappa shape index (κ2) is 2.89. The quantitative estimate of drug-likeness (QED) is 0.708. The molecule has 2 N–H and O–H groups in total. The summed E-state index contributed by atoms with van der Waals surface area (Å²) in [6.07, 6.45) is 1.41. The summed E-state index contributed by atoms with van der Waals surface area (Å²) < 4.78 is 13.4. The zero-order valence-electron chi connectivity index (χ0n) is 6.62. The predicted octanol–water partition coefficient (Wildman–Crippen LogP) is 0.752. The molecule has 0 saturated heterocycles. The van der Waals surface area contributed by atoms with Crippen LogP contribution in [0.15, 0.2) is 24.4 Å².